The Balaban J connectivity index is 2.67. The summed E-state index contributed by atoms with van der Waals surface area (Å²) in [6, 6.07) is -0.119. The van der Waals surface area contributed by atoms with Gasteiger partial charge in [-0.15, -0.1) is 0 Å². The van der Waals surface area contributed by atoms with E-state index in [0.717, 1.165) is 25.8 Å². The largest absolute Gasteiger partial charge is 0.478 e. The normalized spacial score (nSPS) is 21.7. The predicted molar refractivity (Wildman–Crippen MR) is 69.3 cm³/mol. The molecule has 1 amide bonds. The lowest BCUT2D eigenvalue weighted by Crippen LogP contribution is -2.48. The minimum absolute atomic E-state index is 0.0245. The van der Waals surface area contributed by atoms with E-state index >= 15 is 0 Å². The molecular weight excluding hydrogens is 232 g/mol. The molecular formula is C13H22N2O3. The van der Waals surface area contributed by atoms with Crippen LogP contribution in [0, 0.1) is 0 Å². The number of likely N-dealkylation sites (tertiary alicyclic amines) is 1. The maximum Gasteiger partial charge on any atom is 0.331 e. The highest BCUT2D eigenvalue weighted by Crippen LogP contribution is 2.17. The topological polar surface area (TPSA) is 69.6 Å². The minimum Gasteiger partial charge on any atom is -0.478 e. The third-order valence-corrected chi connectivity index (χ3v) is 3.39. The number of carboxylic acids is 1. The summed E-state index contributed by atoms with van der Waals surface area (Å²) >= 11 is 0. The van der Waals surface area contributed by atoms with Gasteiger partial charge in [0.15, 0.2) is 0 Å². The molecule has 1 atom stereocenters. The van der Waals surface area contributed by atoms with Gasteiger partial charge in [0.05, 0.1) is 6.04 Å². The second kappa shape index (κ2) is 7.16. The quantitative estimate of drug-likeness (QED) is 0.718. The van der Waals surface area contributed by atoms with Crippen LogP contribution in [0.4, 0.5) is 0 Å². The van der Waals surface area contributed by atoms with E-state index < -0.39 is 5.97 Å². The van der Waals surface area contributed by atoms with E-state index in [9.17, 15) is 9.59 Å². The van der Waals surface area contributed by atoms with E-state index in [0.29, 0.717) is 18.5 Å². The summed E-state index contributed by atoms with van der Waals surface area (Å²) in [5.74, 6) is -0.845. The van der Waals surface area contributed by atoms with E-state index in [1.807, 2.05) is 6.92 Å². The van der Waals surface area contributed by atoms with Crippen LogP contribution in [0.3, 0.4) is 0 Å². The van der Waals surface area contributed by atoms with Crippen molar-refractivity contribution in [2.75, 3.05) is 20.1 Å². The van der Waals surface area contributed by atoms with Gasteiger partial charge in [-0.3, -0.25) is 9.69 Å². The number of likely N-dealkylation sites (N-methyl/N-ethyl adjacent to an activating group) is 1. The van der Waals surface area contributed by atoms with Crippen LogP contribution in [-0.2, 0) is 9.59 Å². The molecule has 0 saturated carbocycles. The van der Waals surface area contributed by atoms with Gasteiger partial charge in [-0.05, 0) is 25.8 Å². The van der Waals surface area contributed by atoms with Crippen molar-refractivity contribution < 1.29 is 14.7 Å². The standard InChI is InChI=1S/C13H22N2O3/c1-3-10(13(17)18)7-9-15-8-5-4-6-11(15)12(16)14-2/h7,11H,3-6,8-9H2,1-2H3,(H,14,16)(H,17,18). The molecule has 0 aromatic rings. The summed E-state index contributed by atoms with van der Waals surface area (Å²) in [7, 11) is 1.64. The predicted octanol–water partition coefficient (Wildman–Crippen LogP) is 1.01. The number of aliphatic carboxylic acids is 1. The Morgan fingerprint density at radius 3 is 2.72 bits per heavy atom. The Labute approximate surface area is 108 Å². The summed E-state index contributed by atoms with van der Waals surface area (Å²) in [6.07, 6.45) is 5.20. The highest BCUT2D eigenvalue weighted by Gasteiger charge is 2.27. The average Bonchev–Trinajstić information content (AvgIpc) is 2.38. The number of amides is 1. The van der Waals surface area contributed by atoms with Crippen LogP contribution in [0.15, 0.2) is 11.6 Å². The Morgan fingerprint density at radius 1 is 1.44 bits per heavy atom. The zero-order valence-electron chi connectivity index (χ0n) is 11.1. The molecule has 5 heteroatoms. The summed E-state index contributed by atoms with van der Waals surface area (Å²) in [5, 5.41) is 11.6. The van der Waals surface area contributed by atoms with Gasteiger partial charge in [0, 0.05) is 19.2 Å². The third-order valence-electron chi connectivity index (χ3n) is 3.39. The fraction of sp³-hybridized carbons (Fsp3) is 0.692. The van der Waals surface area contributed by atoms with Gasteiger partial charge >= 0.3 is 5.97 Å². The molecule has 1 unspecified atom stereocenters. The van der Waals surface area contributed by atoms with Crippen molar-refractivity contribution in [3.8, 4) is 0 Å². The molecule has 0 aromatic carbocycles. The second-order valence-corrected chi connectivity index (χ2v) is 4.51. The summed E-state index contributed by atoms with van der Waals surface area (Å²) in [5.41, 5.74) is 0.413. The van der Waals surface area contributed by atoms with Crippen molar-refractivity contribution in [3.63, 3.8) is 0 Å². The molecule has 0 radical (unpaired) electrons. The molecule has 0 aromatic heterocycles. The zero-order chi connectivity index (χ0) is 13.5. The number of hydrogen-bond acceptors (Lipinski definition) is 3. The lowest BCUT2D eigenvalue weighted by molar-refractivity contribution is -0.132. The van der Waals surface area contributed by atoms with Gasteiger partial charge < -0.3 is 10.4 Å². The first-order valence-electron chi connectivity index (χ1n) is 6.48. The van der Waals surface area contributed by atoms with Crippen LogP contribution in [0.25, 0.3) is 0 Å². The van der Waals surface area contributed by atoms with Crippen LogP contribution < -0.4 is 5.32 Å². The van der Waals surface area contributed by atoms with Crippen molar-refractivity contribution in [3.05, 3.63) is 11.6 Å². The van der Waals surface area contributed by atoms with Crippen LogP contribution in [0.5, 0.6) is 0 Å². The van der Waals surface area contributed by atoms with E-state index in [-0.39, 0.29) is 11.9 Å². The molecule has 0 bridgehead atoms. The smallest absolute Gasteiger partial charge is 0.331 e. The summed E-state index contributed by atoms with van der Waals surface area (Å²) in [6.45, 7) is 3.21. The van der Waals surface area contributed by atoms with E-state index in [1.165, 1.54) is 0 Å². The SMILES string of the molecule is CCC(=CCN1CCCCC1C(=O)NC)C(=O)O. The molecule has 1 heterocycles. The summed E-state index contributed by atoms with van der Waals surface area (Å²) < 4.78 is 0. The van der Waals surface area contributed by atoms with Crippen molar-refractivity contribution in [1.82, 2.24) is 10.2 Å². The average molecular weight is 254 g/mol. The third kappa shape index (κ3) is 3.84. The first-order chi connectivity index (χ1) is 8.60. The Morgan fingerprint density at radius 2 is 2.17 bits per heavy atom. The fourth-order valence-electron chi connectivity index (χ4n) is 2.28. The number of hydrogen-bond donors (Lipinski definition) is 2. The Bertz CT molecular complexity index is 339. The van der Waals surface area contributed by atoms with Crippen molar-refractivity contribution in [2.24, 2.45) is 0 Å². The van der Waals surface area contributed by atoms with Crippen molar-refractivity contribution >= 4 is 11.9 Å². The molecule has 1 saturated heterocycles. The van der Waals surface area contributed by atoms with Gasteiger partial charge in [-0.1, -0.05) is 19.4 Å². The van der Waals surface area contributed by atoms with E-state index in [1.54, 1.807) is 13.1 Å². The first-order valence-corrected chi connectivity index (χ1v) is 6.48. The number of rotatable bonds is 5. The van der Waals surface area contributed by atoms with Gasteiger partial charge in [-0.25, -0.2) is 4.79 Å². The van der Waals surface area contributed by atoms with Crippen LogP contribution in [0.1, 0.15) is 32.6 Å². The fourth-order valence-corrected chi connectivity index (χ4v) is 2.28. The van der Waals surface area contributed by atoms with Crippen LogP contribution in [-0.4, -0.2) is 48.1 Å². The van der Waals surface area contributed by atoms with Crippen molar-refractivity contribution in [2.45, 2.75) is 38.6 Å². The lowest BCUT2D eigenvalue weighted by atomic mass is 10.0. The molecule has 1 fully saturated rings. The van der Waals surface area contributed by atoms with Crippen LogP contribution >= 0.6 is 0 Å². The van der Waals surface area contributed by atoms with Gasteiger partial charge in [0.25, 0.3) is 0 Å². The van der Waals surface area contributed by atoms with E-state index in [2.05, 4.69) is 10.2 Å². The maximum atomic E-state index is 11.7. The highest BCUT2D eigenvalue weighted by molar-refractivity contribution is 5.86. The molecule has 0 aliphatic carbocycles. The number of nitrogens with zero attached hydrogens (tertiary/aromatic N) is 1. The first kappa shape index (κ1) is 14.7. The Hall–Kier alpha value is -1.36. The molecule has 1 aliphatic heterocycles. The van der Waals surface area contributed by atoms with Gasteiger partial charge in [0.1, 0.15) is 0 Å². The molecule has 2 N–H and O–H groups in total. The molecule has 0 spiro atoms. The Kier molecular flexibility index (Phi) is 5.85. The number of nitrogens with one attached hydrogen (secondary N) is 1. The lowest BCUT2D eigenvalue weighted by Gasteiger charge is -2.33. The zero-order valence-corrected chi connectivity index (χ0v) is 11.1. The second-order valence-electron chi connectivity index (χ2n) is 4.51. The number of piperidine rings is 1. The molecule has 102 valence electrons. The molecule has 18 heavy (non-hydrogen) atoms. The number of carboxylic acid groups (broad SMARTS) is 1. The number of carbonyl (C=O) groups is 2. The van der Waals surface area contributed by atoms with Crippen molar-refractivity contribution in [1.29, 1.82) is 0 Å². The van der Waals surface area contributed by atoms with E-state index in [4.69, 9.17) is 5.11 Å². The maximum absolute atomic E-state index is 11.7. The molecule has 1 rings (SSSR count). The monoisotopic (exact) mass is 254 g/mol. The molecule has 1 aliphatic rings. The number of carbonyl (C=O) groups excluding carboxylic acids is 1. The minimum atomic E-state index is -0.869. The van der Waals surface area contributed by atoms with Gasteiger partial charge in [0.2, 0.25) is 5.91 Å². The van der Waals surface area contributed by atoms with Crippen LogP contribution in [0.2, 0.25) is 0 Å². The summed E-state index contributed by atoms with van der Waals surface area (Å²) in [4.78, 5) is 24.7. The highest BCUT2D eigenvalue weighted by atomic mass is 16.4. The van der Waals surface area contributed by atoms with Gasteiger partial charge in [-0.2, -0.15) is 0 Å². The molecule has 5 nitrogen and oxygen atoms in total.